The molecule has 0 bridgehead atoms. The van der Waals surface area contributed by atoms with Crippen LogP contribution < -0.4 is 10.6 Å². The van der Waals surface area contributed by atoms with Gasteiger partial charge in [0.25, 0.3) is 11.8 Å². The Kier molecular flexibility index (Phi) is 7.95. The number of carboxylic acid groups (broad SMARTS) is 2. The number of amides is 2. The Hall–Kier alpha value is -7.74. The summed E-state index contributed by atoms with van der Waals surface area (Å²) in [6.07, 6.45) is 0. The lowest BCUT2D eigenvalue weighted by Crippen LogP contribution is -2.17. The Labute approximate surface area is 291 Å². The molecule has 0 fully saturated rings. The molecular weight excluding hydrogens is 676 g/mol. The molecule has 14 heteroatoms. The summed E-state index contributed by atoms with van der Waals surface area (Å²) in [6, 6.07) is 22.5. The van der Waals surface area contributed by atoms with E-state index in [9.17, 15) is 48.6 Å². The molecule has 0 radical (unpaired) electrons. The lowest BCUT2D eigenvalue weighted by molar-refractivity contribution is 0.0425. The zero-order chi connectivity index (χ0) is 36.8. The molecule has 0 saturated heterocycles. The summed E-state index contributed by atoms with van der Waals surface area (Å²) in [4.78, 5) is 98.3. The van der Waals surface area contributed by atoms with Crippen LogP contribution >= 0.6 is 0 Å². The highest BCUT2D eigenvalue weighted by Crippen LogP contribution is 2.31. The van der Waals surface area contributed by atoms with Crippen LogP contribution in [-0.2, 0) is 9.47 Å². The molecule has 0 saturated carbocycles. The molecule has 0 unspecified atom stereocenters. The van der Waals surface area contributed by atoms with Crippen molar-refractivity contribution in [1.29, 1.82) is 0 Å². The number of esters is 4. The molecular formula is C38H20N2O12. The van der Waals surface area contributed by atoms with Gasteiger partial charge in [-0.3, -0.25) is 9.59 Å². The summed E-state index contributed by atoms with van der Waals surface area (Å²) in [5, 5.41) is 24.7. The summed E-state index contributed by atoms with van der Waals surface area (Å²) in [5.74, 6) is -7.48. The predicted octanol–water partition coefficient (Wildman–Crippen LogP) is 5.54. The van der Waals surface area contributed by atoms with Crippen molar-refractivity contribution >= 4 is 59.0 Å². The average Bonchev–Trinajstić information content (AvgIpc) is 3.59. The third-order valence-corrected chi connectivity index (χ3v) is 8.35. The summed E-state index contributed by atoms with van der Waals surface area (Å²) in [7, 11) is 0. The number of aromatic carboxylic acids is 2. The van der Waals surface area contributed by atoms with Crippen LogP contribution in [0.15, 0.2) is 97.1 Å². The first-order chi connectivity index (χ1) is 24.9. The highest BCUT2D eigenvalue weighted by molar-refractivity contribution is 6.17. The average molecular weight is 697 g/mol. The second kappa shape index (κ2) is 12.6. The molecule has 5 aromatic carbocycles. The van der Waals surface area contributed by atoms with E-state index in [1.165, 1.54) is 97.1 Å². The summed E-state index contributed by atoms with van der Waals surface area (Å²) < 4.78 is 9.24. The van der Waals surface area contributed by atoms with E-state index in [4.69, 9.17) is 0 Å². The van der Waals surface area contributed by atoms with Crippen LogP contribution in [0.25, 0.3) is 22.3 Å². The predicted molar refractivity (Wildman–Crippen MR) is 180 cm³/mol. The lowest BCUT2D eigenvalue weighted by atomic mass is 9.96. The van der Waals surface area contributed by atoms with Gasteiger partial charge in [-0.2, -0.15) is 0 Å². The number of ether oxygens (including phenoxy) is 2. The van der Waals surface area contributed by atoms with Gasteiger partial charge in [-0.25, -0.2) is 28.8 Å². The Morgan fingerprint density at radius 3 is 1.10 bits per heavy atom. The van der Waals surface area contributed by atoms with Crippen LogP contribution in [0.3, 0.4) is 0 Å². The van der Waals surface area contributed by atoms with E-state index in [1.54, 1.807) is 0 Å². The molecule has 2 amide bonds. The van der Waals surface area contributed by atoms with Crippen LogP contribution in [0.5, 0.6) is 0 Å². The molecule has 7 rings (SSSR count). The molecule has 14 nitrogen and oxygen atoms in total. The van der Waals surface area contributed by atoms with Gasteiger partial charge < -0.3 is 30.3 Å². The molecule has 0 spiro atoms. The number of hydrogen-bond donors (Lipinski definition) is 4. The Morgan fingerprint density at radius 1 is 0.404 bits per heavy atom. The van der Waals surface area contributed by atoms with Crippen molar-refractivity contribution in [2.24, 2.45) is 0 Å². The Morgan fingerprint density at radius 2 is 0.731 bits per heavy atom. The molecule has 52 heavy (non-hydrogen) atoms. The molecule has 0 atom stereocenters. The van der Waals surface area contributed by atoms with E-state index in [0.717, 1.165) is 0 Å². The first-order valence-electron chi connectivity index (χ1n) is 15.2. The monoisotopic (exact) mass is 696 g/mol. The first-order valence-corrected chi connectivity index (χ1v) is 15.2. The number of anilines is 2. The van der Waals surface area contributed by atoms with Crippen molar-refractivity contribution in [3.63, 3.8) is 0 Å². The van der Waals surface area contributed by atoms with Gasteiger partial charge in [0.05, 0.1) is 44.5 Å². The summed E-state index contributed by atoms with van der Waals surface area (Å²) in [6.45, 7) is 0. The summed E-state index contributed by atoms with van der Waals surface area (Å²) >= 11 is 0. The van der Waals surface area contributed by atoms with Crippen molar-refractivity contribution in [2.45, 2.75) is 0 Å². The highest BCUT2D eigenvalue weighted by atomic mass is 16.6. The fourth-order valence-electron chi connectivity index (χ4n) is 5.76. The van der Waals surface area contributed by atoms with E-state index in [1.807, 2.05) is 0 Å². The SMILES string of the molecule is O=C(O)c1ccc(-c2ccc3c(c2)C(=O)OC3=O)cc1C(=O)Nc1ccc(NC(=O)c2cc(-c3ccc4c(c3)C(=O)OC4=O)ccc2C(=O)O)cc1. The van der Waals surface area contributed by atoms with Gasteiger partial charge in [0, 0.05) is 11.4 Å². The minimum atomic E-state index is -1.36. The smallest absolute Gasteiger partial charge is 0.346 e. The van der Waals surface area contributed by atoms with E-state index in [0.29, 0.717) is 22.3 Å². The van der Waals surface area contributed by atoms with Gasteiger partial charge in [-0.15, -0.1) is 0 Å². The fourth-order valence-corrected chi connectivity index (χ4v) is 5.76. The highest BCUT2D eigenvalue weighted by Gasteiger charge is 2.31. The molecule has 5 aromatic rings. The quantitative estimate of drug-likeness (QED) is 0.116. The molecule has 2 aliphatic heterocycles. The molecule has 254 valence electrons. The number of carbonyl (C=O) groups excluding carboxylic acids is 6. The molecule has 4 N–H and O–H groups in total. The number of cyclic esters (lactones) is 4. The van der Waals surface area contributed by atoms with Crippen LogP contribution in [0.4, 0.5) is 11.4 Å². The van der Waals surface area contributed by atoms with Crippen LogP contribution in [0.1, 0.15) is 82.9 Å². The maximum Gasteiger partial charge on any atom is 0.346 e. The fraction of sp³-hybridized carbons (Fsp3) is 0. The van der Waals surface area contributed by atoms with Crippen molar-refractivity contribution in [3.8, 4) is 22.3 Å². The van der Waals surface area contributed by atoms with Gasteiger partial charge in [-0.05, 0) is 95.1 Å². The van der Waals surface area contributed by atoms with Gasteiger partial charge in [0.15, 0.2) is 0 Å². The molecule has 2 aliphatic rings. The van der Waals surface area contributed by atoms with E-state index >= 15 is 0 Å². The zero-order valence-electron chi connectivity index (χ0n) is 26.2. The normalized spacial score (nSPS) is 12.8. The topological polar surface area (TPSA) is 220 Å². The van der Waals surface area contributed by atoms with Gasteiger partial charge >= 0.3 is 35.8 Å². The Bertz CT molecular complexity index is 2310. The first kappa shape index (κ1) is 32.8. The second-order valence-electron chi connectivity index (χ2n) is 11.5. The van der Waals surface area contributed by atoms with Gasteiger partial charge in [0.2, 0.25) is 0 Å². The lowest BCUT2D eigenvalue weighted by Gasteiger charge is -2.12. The maximum absolute atomic E-state index is 13.3. The number of hydrogen-bond acceptors (Lipinski definition) is 10. The van der Waals surface area contributed by atoms with E-state index in [2.05, 4.69) is 20.1 Å². The maximum atomic E-state index is 13.3. The number of rotatable bonds is 8. The van der Waals surface area contributed by atoms with Crippen molar-refractivity contribution in [3.05, 3.63) is 142 Å². The number of fused-ring (bicyclic) bond motifs is 2. The Balaban J connectivity index is 1.10. The number of carboxylic acids is 2. The van der Waals surface area contributed by atoms with Crippen molar-refractivity contribution < 1.29 is 58.0 Å². The number of benzene rings is 5. The van der Waals surface area contributed by atoms with Crippen LogP contribution in [-0.4, -0.2) is 57.8 Å². The third kappa shape index (κ3) is 5.92. The van der Waals surface area contributed by atoms with Crippen molar-refractivity contribution in [2.75, 3.05) is 10.6 Å². The van der Waals surface area contributed by atoms with Crippen LogP contribution in [0, 0.1) is 0 Å². The van der Waals surface area contributed by atoms with Gasteiger partial charge in [0.1, 0.15) is 0 Å². The number of nitrogens with one attached hydrogen (secondary N) is 2. The minimum Gasteiger partial charge on any atom is -0.478 e. The third-order valence-electron chi connectivity index (χ3n) is 8.35. The summed E-state index contributed by atoms with van der Waals surface area (Å²) in [5.41, 5.74) is 1.37. The molecule has 0 aromatic heterocycles. The minimum absolute atomic E-state index is 0.0425. The zero-order valence-corrected chi connectivity index (χ0v) is 26.2. The van der Waals surface area contributed by atoms with E-state index < -0.39 is 47.6 Å². The largest absolute Gasteiger partial charge is 0.478 e. The van der Waals surface area contributed by atoms with Gasteiger partial charge in [-0.1, -0.05) is 24.3 Å². The van der Waals surface area contributed by atoms with Crippen LogP contribution in [0.2, 0.25) is 0 Å². The number of carbonyl (C=O) groups is 8. The molecule has 2 heterocycles. The standard InChI is InChI=1S/C38H20N2O12/c41-31(27-13-17(1-9-23(27)33(43)44)19-3-11-25-29(15-19)37(49)51-35(25)47)39-21-5-7-22(8-6-21)40-32(42)28-14-18(2-10-24(28)34(45)46)20-4-12-26-30(16-20)38(50)52-36(26)48/h1-16H,(H,39,41)(H,40,42)(H,43,44)(H,45,46). The van der Waals surface area contributed by atoms with E-state index in [-0.39, 0.29) is 55.9 Å². The van der Waals surface area contributed by atoms with Crippen molar-refractivity contribution in [1.82, 2.24) is 0 Å². The second-order valence-corrected chi connectivity index (χ2v) is 11.5. The molecule has 0 aliphatic carbocycles.